The van der Waals surface area contributed by atoms with E-state index >= 15 is 0 Å². The molecule has 3 atom stereocenters. The third kappa shape index (κ3) is 4.40. The van der Waals surface area contributed by atoms with E-state index in [0.29, 0.717) is 34.0 Å². The number of pyridine rings is 1. The van der Waals surface area contributed by atoms with E-state index in [9.17, 15) is 9.59 Å². The summed E-state index contributed by atoms with van der Waals surface area (Å²) in [6, 6.07) is 5.35. The second kappa shape index (κ2) is 9.14. The number of hydrogen-bond acceptors (Lipinski definition) is 6. The van der Waals surface area contributed by atoms with Crippen molar-refractivity contribution in [3.63, 3.8) is 0 Å². The molecule has 4 rings (SSSR count). The normalized spacial score (nSPS) is 19.8. The first-order valence-electron chi connectivity index (χ1n) is 11.3. The largest absolute Gasteiger partial charge is 0.463 e. The van der Waals surface area contributed by atoms with Crippen LogP contribution in [0.4, 0.5) is 0 Å². The van der Waals surface area contributed by atoms with Gasteiger partial charge in [-0.05, 0) is 57.7 Å². The summed E-state index contributed by atoms with van der Waals surface area (Å²) < 4.78 is 12.8. The second-order valence-corrected chi connectivity index (χ2v) is 8.88. The molecule has 0 saturated heterocycles. The van der Waals surface area contributed by atoms with Crippen LogP contribution >= 0.6 is 0 Å². The predicted molar refractivity (Wildman–Crippen MR) is 120 cm³/mol. The number of fused-ring (bicyclic) bond motifs is 1. The molecule has 0 radical (unpaired) electrons. The zero-order valence-corrected chi connectivity index (χ0v) is 19.0. The molecule has 1 aliphatic carbocycles. The van der Waals surface area contributed by atoms with Gasteiger partial charge in [-0.3, -0.25) is 4.79 Å². The monoisotopic (exact) mass is 438 g/mol. The van der Waals surface area contributed by atoms with Crippen LogP contribution in [0, 0.1) is 5.92 Å². The Morgan fingerprint density at radius 3 is 2.72 bits per heavy atom. The van der Waals surface area contributed by atoms with Crippen molar-refractivity contribution < 1.29 is 18.7 Å². The van der Waals surface area contributed by atoms with Gasteiger partial charge in [0.15, 0.2) is 17.5 Å². The molecule has 1 fully saturated rings. The minimum absolute atomic E-state index is 0.0536. The van der Waals surface area contributed by atoms with E-state index in [-0.39, 0.29) is 18.0 Å². The molecule has 1 aliphatic rings. The van der Waals surface area contributed by atoms with Crippen LogP contribution in [0.2, 0.25) is 0 Å². The van der Waals surface area contributed by atoms with Crippen molar-refractivity contribution in [1.29, 1.82) is 0 Å². The Kier molecular flexibility index (Phi) is 6.30. The molecule has 8 nitrogen and oxygen atoms in total. The van der Waals surface area contributed by atoms with E-state index in [2.05, 4.69) is 22.3 Å². The van der Waals surface area contributed by atoms with Crippen LogP contribution in [0.3, 0.4) is 0 Å². The van der Waals surface area contributed by atoms with E-state index in [0.717, 1.165) is 19.3 Å². The summed E-state index contributed by atoms with van der Waals surface area (Å²) in [4.78, 5) is 30.5. The van der Waals surface area contributed by atoms with Gasteiger partial charge in [-0.1, -0.05) is 19.8 Å². The fourth-order valence-corrected chi connectivity index (χ4v) is 4.22. The Morgan fingerprint density at radius 2 is 2.03 bits per heavy atom. The van der Waals surface area contributed by atoms with Crippen LogP contribution in [-0.2, 0) is 9.53 Å². The number of rotatable bonds is 6. The topological polar surface area (TPSA) is 99.2 Å². The van der Waals surface area contributed by atoms with E-state index in [4.69, 9.17) is 9.15 Å². The Hall–Kier alpha value is -3.16. The highest BCUT2D eigenvalue weighted by atomic mass is 16.5. The Bertz CT molecular complexity index is 1100. The molecule has 3 aromatic heterocycles. The smallest absolute Gasteiger partial charge is 0.339 e. The minimum atomic E-state index is -0.910. The van der Waals surface area contributed by atoms with Crippen molar-refractivity contribution in [1.82, 2.24) is 20.1 Å². The number of amides is 1. The number of hydrogen-bond donors (Lipinski definition) is 1. The number of nitrogens with one attached hydrogen (secondary N) is 1. The molecule has 170 valence electrons. The molecule has 3 heterocycles. The van der Waals surface area contributed by atoms with Gasteiger partial charge in [-0.15, -0.1) is 0 Å². The summed E-state index contributed by atoms with van der Waals surface area (Å²) in [5.41, 5.74) is 1.37. The lowest BCUT2D eigenvalue weighted by Gasteiger charge is -2.30. The van der Waals surface area contributed by atoms with Gasteiger partial charge in [0.2, 0.25) is 0 Å². The molecular weight excluding hydrogens is 408 g/mol. The molecule has 0 spiro atoms. The second-order valence-electron chi connectivity index (χ2n) is 8.88. The molecule has 1 amide bonds. The van der Waals surface area contributed by atoms with Crippen LogP contribution in [0.25, 0.3) is 22.5 Å². The lowest BCUT2D eigenvalue weighted by molar-refractivity contribution is -0.130. The van der Waals surface area contributed by atoms with Crippen molar-refractivity contribution in [3.8, 4) is 11.5 Å². The molecular formula is C24H30N4O4. The number of carbonyl (C=O) groups excluding carboxylic acids is 2. The first-order valence-corrected chi connectivity index (χ1v) is 11.3. The van der Waals surface area contributed by atoms with Crippen molar-refractivity contribution in [2.24, 2.45) is 5.92 Å². The molecule has 3 aromatic rings. The highest BCUT2D eigenvalue weighted by molar-refractivity contribution is 6.04. The number of ether oxygens (including phenoxy) is 1. The van der Waals surface area contributed by atoms with Crippen LogP contribution in [0.5, 0.6) is 0 Å². The SMILES string of the molecule is CC(OC(=O)c1cc(-c2ccco2)nc2c1cnn2C(C)C)C(=O)NC1CCCCC1C. The molecule has 0 bridgehead atoms. The summed E-state index contributed by atoms with van der Waals surface area (Å²) in [6.07, 6.45) is 6.61. The maximum absolute atomic E-state index is 13.1. The summed E-state index contributed by atoms with van der Waals surface area (Å²) in [6.45, 7) is 7.73. The molecule has 0 aromatic carbocycles. The lowest BCUT2D eigenvalue weighted by atomic mass is 9.86. The number of esters is 1. The van der Waals surface area contributed by atoms with E-state index < -0.39 is 12.1 Å². The van der Waals surface area contributed by atoms with Crippen LogP contribution in [0.1, 0.15) is 69.8 Å². The van der Waals surface area contributed by atoms with E-state index in [1.54, 1.807) is 42.3 Å². The zero-order chi connectivity index (χ0) is 22.8. The first kappa shape index (κ1) is 22.0. The Labute approximate surface area is 187 Å². The molecule has 0 aliphatic heterocycles. The van der Waals surface area contributed by atoms with Gasteiger partial charge < -0.3 is 14.5 Å². The fraction of sp³-hybridized carbons (Fsp3) is 0.500. The van der Waals surface area contributed by atoms with Crippen LogP contribution < -0.4 is 5.32 Å². The quantitative estimate of drug-likeness (QED) is 0.569. The minimum Gasteiger partial charge on any atom is -0.463 e. The van der Waals surface area contributed by atoms with E-state index in [1.807, 2.05) is 13.8 Å². The van der Waals surface area contributed by atoms with E-state index in [1.165, 1.54) is 6.42 Å². The molecule has 1 N–H and O–H groups in total. The third-order valence-electron chi connectivity index (χ3n) is 6.14. The maximum atomic E-state index is 13.1. The third-order valence-corrected chi connectivity index (χ3v) is 6.14. The Balaban J connectivity index is 1.59. The van der Waals surface area contributed by atoms with Gasteiger partial charge in [0.05, 0.1) is 23.4 Å². The van der Waals surface area contributed by atoms with Gasteiger partial charge in [0, 0.05) is 12.1 Å². The summed E-state index contributed by atoms with van der Waals surface area (Å²) in [5, 5.41) is 8.03. The summed E-state index contributed by atoms with van der Waals surface area (Å²) in [5.74, 6) is 0.0991. The fourth-order valence-electron chi connectivity index (χ4n) is 4.22. The van der Waals surface area contributed by atoms with Crippen molar-refractivity contribution in [3.05, 3.63) is 36.2 Å². The molecule has 32 heavy (non-hydrogen) atoms. The first-order chi connectivity index (χ1) is 15.3. The van der Waals surface area contributed by atoms with Gasteiger partial charge in [-0.25, -0.2) is 14.5 Å². The maximum Gasteiger partial charge on any atom is 0.339 e. The average molecular weight is 439 g/mol. The number of carbonyl (C=O) groups is 2. The van der Waals surface area contributed by atoms with Crippen LogP contribution in [-0.4, -0.2) is 38.8 Å². The highest BCUT2D eigenvalue weighted by Crippen LogP contribution is 2.28. The zero-order valence-electron chi connectivity index (χ0n) is 19.0. The molecule has 3 unspecified atom stereocenters. The van der Waals surface area contributed by atoms with Gasteiger partial charge in [-0.2, -0.15) is 5.10 Å². The Morgan fingerprint density at radius 1 is 1.25 bits per heavy atom. The average Bonchev–Trinajstić information content (AvgIpc) is 3.44. The lowest BCUT2D eigenvalue weighted by Crippen LogP contribution is -2.46. The number of aromatic nitrogens is 3. The number of furan rings is 1. The van der Waals surface area contributed by atoms with Crippen molar-refractivity contribution in [2.75, 3.05) is 0 Å². The standard InChI is InChI=1S/C24H30N4O4/c1-14(2)28-22-18(13-25-28)17(12-20(26-22)21-10-7-11-31-21)24(30)32-16(4)23(29)27-19-9-6-5-8-15(19)3/h7,10-16,19H,5-6,8-9H2,1-4H3,(H,27,29). The molecule has 1 saturated carbocycles. The number of nitrogens with zero attached hydrogens (tertiary/aromatic N) is 3. The predicted octanol–water partition coefficient (Wildman–Crippen LogP) is 4.51. The summed E-state index contributed by atoms with van der Waals surface area (Å²) >= 11 is 0. The summed E-state index contributed by atoms with van der Waals surface area (Å²) in [7, 11) is 0. The van der Waals surface area contributed by atoms with Gasteiger partial charge >= 0.3 is 5.97 Å². The van der Waals surface area contributed by atoms with Crippen molar-refractivity contribution in [2.45, 2.75) is 71.6 Å². The van der Waals surface area contributed by atoms with Gasteiger partial charge in [0.25, 0.3) is 5.91 Å². The van der Waals surface area contributed by atoms with Gasteiger partial charge in [0.1, 0.15) is 5.69 Å². The van der Waals surface area contributed by atoms with Crippen LogP contribution in [0.15, 0.2) is 35.1 Å². The molecule has 8 heteroatoms. The van der Waals surface area contributed by atoms with Crippen molar-refractivity contribution >= 4 is 22.9 Å². The highest BCUT2D eigenvalue weighted by Gasteiger charge is 2.28.